The number of phenols is 2. The number of rotatable bonds is 8. The van der Waals surface area contributed by atoms with Crippen molar-refractivity contribution in [3.05, 3.63) is 58.7 Å². The van der Waals surface area contributed by atoms with Crippen molar-refractivity contribution in [1.29, 1.82) is 0 Å². The molecule has 33 heavy (non-hydrogen) atoms. The van der Waals surface area contributed by atoms with Gasteiger partial charge in [-0.1, -0.05) is 106 Å². The zero-order chi connectivity index (χ0) is 25.2. The van der Waals surface area contributed by atoms with Gasteiger partial charge >= 0.3 is 0 Å². The number of benzene rings is 2. The standard InChI is InChI=1S/C31H48O2/c1-11-23(29(3,4)5)17-21-19-25(13-15-27(21)32)31(9,10)26-14-16-28(33)22(20-26)18-24(12-2)30(6,7)8/h13-16,19-20,23-24,32-33H,11-12,17-18H2,1-10H3. The van der Waals surface area contributed by atoms with Crippen LogP contribution in [0.4, 0.5) is 0 Å². The van der Waals surface area contributed by atoms with Gasteiger partial charge in [0.05, 0.1) is 0 Å². The summed E-state index contributed by atoms with van der Waals surface area (Å²) in [6.45, 7) is 22.6. The van der Waals surface area contributed by atoms with Crippen molar-refractivity contribution >= 4 is 0 Å². The van der Waals surface area contributed by atoms with E-state index in [2.05, 4.69) is 81.4 Å². The van der Waals surface area contributed by atoms with Crippen LogP contribution in [0.25, 0.3) is 0 Å². The fourth-order valence-corrected chi connectivity index (χ4v) is 5.10. The normalized spacial score (nSPS) is 14.8. The van der Waals surface area contributed by atoms with Gasteiger partial charge in [-0.25, -0.2) is 0 Å². The van der Waals surface area contributed by atoms with Crippen LogP contribution < -0.4 is 0 Å². The molecule has 0 aliphatic rings. The molecule has 0 heterocycles. The van der Waals surface area contributed by atoms with Crippen LogP contribution >= 0.6 is 0 Å². The predicted octanol–water partition coefficient (Wildman–Crippen LogP) is 8.65. The zero-order valence-corrected chi connectivity index (χ0v) is 22.8. The Morgan fingerprint density at radius 3 is 1.21 bits per heavy atom. The molecule has 0 fully saturated rings. The minimum atomic E-state index is -0.238. The van der Waals surface area contributed by atoms with Crippen molar-refractivity contribution in [2.75, 3.05) is 0 Å². The van der Waals surface area contributed by atoms with Crippen molar-refractivity contribution in [2.45, 2.75) is 100 Å². The molecule has 2 heteroatoms. The molecule has 2 nitrogen and oxygen atoms in total. The minimum absolute atomic E-state index is 0.196. The first-order chi connectivity index (χ1) is 15.1. The average Bonchev–Trinajstić information content (AvgIpc) is 2.70. The molecule has 2 aromatic carbocycles. The third-order valence-electron chi connectivity index (χ3n) is 7.97. The van der Waals surface area contributed by atoms with Gasteiger partial charge in [-0.05, 0) is 69.9 Å². The summed E-state index contributed by atoms with van der Waals surface area (Å²) in [6.07, 6.45) is 3.93. The van der Waals surface area contributed by atoms with Crippen LogP contribution in [0.15, 0.2) is 36.4 Å². The van der Waals surface area contributed by atoms with E-state index >= 15 is 0 Å². The lowest BCUT2D eigenvalue weighted by Gasteiger charge is -2.32. The van der Waals surface area contributed by atoms with Crippen LogP contribution in [0, 0.1) is 22.7 Å². The molecule has 0 spiro atoms. The van der Waals surface area contributed by atoms with Crippen molar-refractivity contribution in [2.24, 2.45) is 22.7 Å². The van der Waals surface area contributed by atoms with Crippen LogP contribution in [0.5, 0.6) is 11.5 Å². The summed E-state index contributed by atoms with van der Waals surface area (Å²) in [6, 6.07) is 12.2. The second-order valence-corrected chi connectivity index (χ2v) is 12.7. The lowest BCUT2D eigenvalue weighted by Crippen LogP contribution is -2.24. The summed E-state index contributed by atoms with van der Waals surface area (Å²) >= 11 is 0. The summed E-state index contributed by atoms with van der Waals surface area (Å²) in [5.74, 6) is 1.79. The van der Waals surface area contributed by atoms with E-state index in [-0.39, 0.29) is 16.2 Å². The number of hydrogen-bond donors (Lipinski definition) is 2. The first-order valence-electron chi connectivity index (χ1n) is 12.8. The fraction of sp³-hybridized carbons (Fsp3) is 0.613. The first kappa shape index (κ1) is 27.3. The van der Waals surface area contributed by atoms with Crippen LogP contribution in [0.2, 0.25) is 0 Å². The van der Waals surface area contributed by atoms with Gasteiger partial charge in [0.1, 0.15) is 11.5 Å². The molecule has 0 bridgehead atoms. The highest BCUT2D eigenvalue weighted by Crippen LogP contribution is 2.40. The second-order valence-electron chi connectivity index (χ2n) is 12.7. The van der Waals surface area contributed by atoms with Gasteiger partial charge in [-0.15, -0.1) is 0 Å². The Balaban J connectivity index is 2.44. The van der Waals surface area contributed by atoms with Gasteiger partial charge in [0.25, 0.3) is 0 Å². The Morgan fingerprint density at radius 1 is 0.606 bits per heavy atom. The lowest BCUT2D eigenvalue weighted by atomic mass is 9.73. The molecule has 2 unspecified atom stereocenters. The van der Waals surface area contributed by atoms with E-state index < -0.39 is 0 Å². The summed E-state index contributed by atoms with van der Waals surface area (Å²) in [5.41, 5.74) is 4.60. The SMILES string of the molecule is CCC(Cc1cc(C(C)(C)c2ccc(O)c(CC(CC)C(C)(C)C)c2)ccc1O)C(C)(C)C. The molecule has 0 aliphatic carbocycles. The Labute approximate surface area is 203 Å². The topological polar surface area (TPSA) is 40.5 Å². The Kier molecular flexibility index (Phi) is 8.37. The summed E-state index contributed by atoms with van der Waals surface area (Å²) in [5, 5.41) is 21.3. The van der Waals surface area contributed by atoms with Gasteiger partial charge in [-0.2, -0.15) is 0 Å². The molecule has 0 radical (unpaired) electrons. The molecular formula is C31H48O2. The Morgan fingerprint density at radius 2 is 0.939 bits per heavy atom. The van der Waals surface area contributed by atoms with E-state index in [9.17, 15) is 10.2 Å². The van der Waals surface area contributed by atoms with E-state index in [1.165, 1.54) is 11.1 Å². The highest BCUT2D eigenvalue weighted by molar-refractivity contribution is 5.47. The highest BCUT2D eigenvalue weighted by atomic mass is 16.3. The number of phenolic OH excluding ortho intramolecular Hbond substituents is 2. The molecule has 2 N–H and O–H groups in total. The minimum Gasteiger partial charge on any atom is -0.508 e. The second kappa shape index (κ2) is 10.1. The van der Waals surface area contributed by atoms with Crippen LogP contribution in [-0.2, 0) is 18.3 Å². The molecule has 0 aliphatic heterocycles. The maximum Gasteiger partial charge on any atom is 0.118 e. The van der Waals surface area contributed by atoms with Crippen molar-refractivity contribution in [3.63, 3.8) is 0 Å². The maximum atomic E-state index is 10.6. The van der Waals surface area contributed by atoms with E-state index in [1.54, 1.807) is 0 Å². The predicted molar refractivity (Wildman–Crippen MR) is 142 cm³/mol. The quantitative estimate of drug-likeness (QED) is 0.420. The van der Waals surface area contributed by atoms with Crippen LogP contribution in [-0.4, -0.2) is 10.2 Å². The smallest absolute Gasteiger partial charge is 0.118 e. The molecule has 0 amide bonds. The molecule has 0 saturated carbocycles. The van der Waals surface area contributed by atoms with Gasteiger partial charge in [0.15, 0.2) is 0 Å². The molecule has 184 valence electrons. The summed E-state index contributed by atoms with van der Waals surface area (Å²) in [7, 11) is 0. The third kappa shape index (κ3) is 6.55. The van der Waals surface area contributed by atoms with E-state index in [1.807, 2.05) is 24.3 Å². The average molecular weight is 453 g/mol. The first-order valence-corrected chi connectivity index (χ1v) is 12.8. The number of hydrogen-bond acceptors (Lipinski definition) is 2. The fourth-order valence-electron chi connectivity index (χ4n) is 5.10. The summed E-state index contributed by atoms with van der Waals surface area (Å²) < 4.78 is 0. The van der Waals surface area contributed by atoms with Crippen molar-refractivity contribution < 1.29 is 10.2 Å². The highest BCUT2D eigenvalue weighted by Gasteiger charge is 2.29. The number of aromatic hydroxyl groups is 2. The van der Waals surface area contributed by atoms with Crippen molar-refractivity contribution in [1.82, 2.24) is 0 Å². The van der Waals surface area contributed by atoms with Gasteiger partial charge in [-0.3, -0.25) is 0 Å². The Bertz CT molecular complexity index is 849. The largest absolute Gasteiger partial charge is 0.508 e. The van der Waals surface area contributed by atoms with E-state index in [0.717, 1.165) is 36.8 Å². The van der Waals surface area contributed by atoms with Gasteiger partial charge in [0.2, 0.25) is 0 Å². The lowest BCUT2D eigenvalue weighted by molar-refractivity contribution is 0.230. The monoisotopic (exact) mass is 452 g/mol. The molecular weight excluding hydrogens is 404 g/mol. The third-order valence-corrected chi connectivity index (χ3v) is 7.97. The summed E-state index contributed by atoms with van der Waals surface area (Å²) in [4.78, 5) is 0. The van der Waals surface area contributed by atoms with E-state index in [0.29, 0.717) is 23.3 Å². The van der Waals surface area contributed by atoms with Crippen LogP contribution in [0.1, 0.15) is 104 Å². The molecule has 2 aromatic rings. The van der Waals surface area contributed by atoms with Gasteiger partial charge < -0.3 is 10.2 Å². The molecule has 0 saturated heterocycles. The molecule has 2 rings (SSSR count). The zero-order valence-electron chi connectivity index (χ0n) is 22.8. The van der Waals surface area contributed by atoms with Gasteiger partial charge in [0, 0.05) is 5.41 Å². The van der Waals surface area contributed by atoms with Crippen molar-refractivity contribution in [3.8, 4) is 11.5 Å². The van der Waals surface area contributed by atoms with Crippen LogP contribution in [0.3, 0.4) is 0 Å². The molecule has 2 atom stereocenters. The van der Waals surface area contributed by atoms with E-state index in [4.69, 9.17) is 0 Å². The molecule has 0 aromatic heterocycles. The maximum absolute atomic E-state index is 10.6. The Hall–Kier alpha value is -1.96.